The lowest BCUT2D eigenvalue weighted by molar-refractivity contribution is -0.123. The van der Waals surface area contributed by atoms with Crippen LogP contribution in [0.5, 0.6) is 0 Å². The highest BCUT2D eigenvalue weighted by Gasteiger charge is 2.29. The van der Waals surface area contributed by atoms with E-state index >= 15 is 0 Å². The topological polar surface area (TPSA) is 84.4 Å². The van der Waals surface area contributed by atoms with Crippen molar-refractivity contribution in [1.29, 1.82) is 0 Å². The van der Waals surface area contributed by atoms with Crippen molar-refractivity contribution in [2.75, 3.05) is 11.9 Å². The van der Waals surface area contributed by atoms with Gasteiger partial charge in [0.15, 0.2) is 11.2 Å². The van der Waals surface area contributed by atoms with E-state index in [1.165, 1.54) is 11.3 Å². The van der Waals surface area contributed by atoms with Crippen LogP contribution in [0.1, 0.15) is 42.4 Å². The van der Waals surface area contributed by atoms with Crippen LogP contribution in [-0.4, -0.2) is 45.4 Å². The van der Waals surface area contributed by atoms with E-state index in [0.29, 0.717) is 23.3 Å². The SMILES string of the molecule is CC(OC(=O)c1c2c(nc3ccccc13)CCN(C(C)C)C2)C(=O)Nc1nc(-c2ccc3ccccc3c2)cs1. The Kier molecular flexibility index (Phi) is 7.04. The zero-order valence-electron chi connectivity index (χ0n) is 22.7. The van der Waals surface area contributed by atoms with Crippen molar-refractivity contribution in [3.63, 3.8) is 0 Å². The van der Waals surface area contributed by atoms with E-state index in [1.807, 2.05) is 47.8 Å². The summed E-state index contributed by atoms with van der Waals surface area (Å²) < 4.78 is 5.76. The molecule has 3 heterocycles. The number of hydrogen-bond acceptors (Lipinski definition) is 7. The van der Waals surface area contributed by atoms with Gasteiger partial charge in [0.25, 0.3) is 5.91 Å². The first kappa shape index (κ1) is 26.1. The summed E-state index contributed by atoms with van der Waals surface area (Å²) in [5.74, 6) is -0.942. The maximum absolute atomic E-state index is 13.6. The van der Waals surface area contributed by atoms with Gasteiger partial charge in [-0.3, -0.25) is 20.0 Å². The number of nitrogens with zero attached hydrogens (tertiary/aromatic N) is 3. The number of esters is 1. The Balaban J connectivity index is 1.20. The summed E-state index contributed by atoms with van der Waals surface area (Å²) in [6.45, 7) is 7.38. The number of benzene rings is 3. The number of ether oxygens (including phenoxy) is 1. The molecule has 0 aliphatic carbocycles. The van der Waals surface area contributed by atoms with Gasteiger partial charge in [0.2, 0.25) is 0 Å². The molecule has 0 bridgehead atoms. The van der Waals surface area contributed by atoms with Crippen molar-refractivity contribution in [3.8, 4) is 11.3 Å². The summed E-state index contributed by atoms with van der Waals surface area (Å²) >= 11 is 1.34. The second-order valence-corrected chi connectivity index (χ2v) is 11.2. The number of carbonyl (C=O) groups is 2. The molecular weight excluding hydrogens is 520 g/mol. The first-order valence-electron chi connectivity index (χ1n) is 13.5. The van der Waals surface area contributed by atoms with E-state index in [0.717, 1.165) is 57.2 Å². The van der Waals surface area contributed by atoms with Gasteiger partial charge in [-0.05, 0) is 43.7 Å². The summed E-state index contributed by atoms with van der Waals surface area (Å²) in [5.41, 5.74) is 4.81. The highest BCUT2D eigenvalue weighted by Crippen LogP contribution is 2.31. The van der Waals surface area contributed by atoms with Gasteiger partial charge in [-0.2, -0.15) is 0 Å². The summed E-state index contributed by atoms with van der Waals surface area (Å²) in [6, 6.07) is 22.3. The number of hydrogen-bond donors (Lipinski definition) is 1. The lowest BCUT2D eigenvalue weighted by Gasteiger charge is -2.32. The Morgan fingerprint density at radius 1 is 0.975 bits per heavy atom. The molecule has 0 saturated carbocycles. The fourth-order valence-electron chi connectivity index (χ4n) is 5.18. The predicted octanol–water partition coefficient (Wildman–Crippen LogP) is 6.46. The van der Waals surface area contributed by atoms with Crippen LogP contribution >= 0.6 is 11.3 Å². The summed E-state index contributed by atoms with van der Waals surface area (Å²) in [5, 5.41) is 8.21. The van der Waals surface area contributed by atoms with Gasteiger partial charge in [-0.15, -0.1) is 11.3 Å². The highest BCUT2D eigenvalue weighted by molar-refractivity contribution is 7.14. The van der Waals surface area contributed by atoms with Gasteiger partial charge in [0, 0.05) is 53.1 Å². The van der Waals surface area contributed by atoms with Crippen LogP contribution in [0.15, 0.2) is 72.1 Å². The third kappa shape index (κ3) is 5.08. The van der Waals surface area contributed by atoms with Gasteiger partial charge in [-0.25, -0.2) is 9.78 Å². The fraction of sp³-hybridized carbons (Fsp3) is 0.250. The summed E-state index contributed by atoms with van der Waals surface area (Å²) in [6.07, 6.45) is -0.244. The fourth-order valence-corrected chi connectivity index (χ4v) is 5.90. The van der Waals surface area contributed by atoms with E-state index in [9.17, 15) is 9.59 Å². The Morgan fingerprint density at radius 3 is 2.58 bits per heavy atom. The molecular formula is C32H30N4O3S. The molecule has 202 valence electrons. The van der Waals surface area contributed by atoms with Crippen LogP contribution in [-0.2, 0) is 22.5 Å². The number of para-hydroxylation sites is 1. The average Bonchev–Trinajstić information content (AvgIpc) is 3.43. The Bertz CT molecular complexity index is 1750. The molecule has 1 aliphatic heterocycles. The molecule has 1 amide bonds. The third-order valence-corrected chi connectivity index (χ3v) is 8.20. The number of rotatable bonds is 6. The Labute approximate surface area is 236 Å². The highest BCUT2D eigenvalue weighted by atomic mass is 32.1. The van der Waals surface area contributed by atoms with Crippen molar-refractivity contribution in [1.82, 2.24) is 14.9 Å². The maximum atomic E-state index is 13.6. The van der Waals surface area contributed by atoms with Gasteiger partial charge < -0.3 is 4.74 Å². The minimum Gasteiger partial charge on any atom is -0.449 e. The molecule has 0 radical (unpaired) electrons. The number of fused-ring (bicyclic) bond motifs is 3. The van der Waals surface area contributed by atoms with Crippen molar-refractivity contribution >= 4 is 50.0 Å². The smallest absolute Gasteiger partial charge is 0.339 e. The normalized spacial score (nSPS) is 14.3. The molecule has 1 aliphatic rings. The Hall–Kier alpha value is -4.14. The van der Waals surface area contributed by atoms with Crippen LogP contribution in [0.4, 0.5) is 5.13 Å². The lowest BCUT2D eigenvalue weighted by atomic mass is 9.95. The van der Waals surface area contributed by atoms with Gasteiger partial charge in [0.05, 0.1) is 16.8 Å². The molecule has 0 fully saturated rings. The van der Waals surface area contributed by atoms with Crippen molar-refractivity contribution in [2.45, 2.75) is 45.9 Å². The van der Waals surface area contributed by atoms with E-state index in [-0.39, 0.29) is 0 Å². The number of thiazole rings is 1. The molecule has 8 heteroatoms. The zero-order chi connectivity index (χ0) is 27.8. The van der Waals surface area contributed by atoms with Crippen LogP contribution in [0.25, 0.3) is 32.9 Å². The van der Waals surface area contributed by atoms with Crippen LogP contribution in [0.2, 0.25) is 0 Å². The van der Waals surface area contributed by atoms with Crippen LogP contribution in [0.3, 0.4) is 0 Å². The molecule has 5 aromatic rings. The first-order valence-corrected chi connectivity index (χ1v) is 14.4. The minimum atomic E-state index is -1.01. The zero-order valence-corrected chi connectivity index (χ0v) is 23.5. The molecule has 6 rings (SSSR count). The number of nitrogens with one attached hydrogen (secondary N) is 1. The minimum absolute atomic E-state index is 0.339. The molecule has 7 nitrogen and oxygen atoms in total. The summed E-state index contributed by atoms with van der Waals surface area (Å²) in [7, 11) is 0. The first-order chi connectivity index (χ1) is 19.4. The Morgan fingerprint density at radius 2 is 1.75 bits per heavy atom. The molecule has 1 unspecified atom stereocenters. The van der Waals surface area contributed by atoms with Crippen LogP contribution < -0.4 is 5.32 Å². The molecule has 3 aromatic carbocycles. The van der Waals surface area contributed by atoms with Crippen molar-refractivity contribution in [3.05, 3.63) is 88.9 Å². The van der Waals surface area contributed by atoms with Crippen LogP contribution in [0, 0.1) is 0 Å². The molecule has 1 atom stereocenters. The standard InChI is InChI=1S/C32H30N4O3S/c1-19(2)36-15-14-27-25(17-36)29(24-10-6-7-11-26(24)33-27)31(38)39-20(3)30(37)35-32-34-28(18-40-32)23-13-12-21-8-4-5-9-22(21)16-23/h4-13,16,18-20H,14-15,17H2,1-3H3,(H,34,35,37). The number of amides is 1. The van der Waals surface area contributed by atoms with Crippen molar-refractivity contribution in [2.24, 2.45) is 0 Å². The molecule has 0 saturated heterocycles. The second-order valence-electron chi connectivity index (χ2n) is 10.4. The van der Waals surface area contributed by atoms with Gasteiger partial charge >= 0.3 is 5.97 Å². The summed E-state index contributed by atoms with van der Waals surface area (Å²) in [4.78, 5) is 38.4. The largest absolute Gasteiger partial charge is 0.449 e. The van der Waals surface area contributed by atoms with E-state index in [2.05, 4.69) is 53.3 Å². The second kappa shape index (κ2) is 10.8. The van der Waals surface area contributed by atoms with E-state index in [1.54, 1.807) is 6.92 Å². The third-order valence-electron chi connectivity index (χ3n) is 7.44. The molecule has 1 N–H and O–H groups in total. The average molecular weight is 551 g/mol. The number of aromatic nitrogens is 2. The van der Waals surface area contributed by atoms with Gasteiger partial charge in [0.1, 0.15) is 0 Å². The van der Waals surface area contributed by atoms with E-state index < -0.39 is 18.0 Å². The van der Waals surface area contributed by atoms with E-state index in [4.69, 9.17) is 9.72 Å². The molecule has 0 spiro atoms. The lowest BCUT2D eigenvalue weighted by Crippen LogP contribution is -2.37. The number of anilines is 1. The number of carbonyl (C=O) groups excluding carboxylic acids is 2. The monoisotopic (exact) mass is 550 g/mol. The van der Waals surface area contributed by atoms with Gasteiger partial charge in [-0.1, -0.05) is 54.6 Å². The maximum Gasteiger partial charge on any atom is 0.339 e. The quantitative estimate of drug-likeness (QED) is 0.244. The molecule has 2 aromatic heterocycles. The van der Waals surface area contributed by atoms with Crippen molar-refractivity contribution < 1.29 is 14.3 Å². The number of pyridine rings is 1. The molecule has 40 heavy (non-hydrogen) atoms. The predicted molar refractivity (Wildman–Crippen MR) is 160 cm³/mol.